The molecule has 156 valence electrons. The van der Waals surface area contributed by atoms with Gasteiger partial charge in [0.2, 0.25) is 5.91 Å². The number of nitriles is 1. The molecule has 1 unspecified atom stereocenters. The molecule has 1 saturated heterocycles. The lowest BCUT2D eigenvalue weighted by atomic mass is 9.88. The van der Waals surface area contributed by atoms with Crippen molar-refractivity contribution in [2.24, 2.45) is 0 Å². The molecule has 2 aliphatic heterocycles. The lowest BCUT2D eigenvalue weighted by Crippen LogP contribution is -2.55. The van der Waals surface area contributed by atoms with Crippen molar-refractivity contribution in [2.45, 2.75) is 38.3 Å². The van der Waals surface area contributed by atoms with E-state index >= 15 is 0 Å². The van der Waals surface area contributed by atoms with Gasteiger partial charge < -0.3 is 16.0 Å². The van der Waals surface area contributed by atoms with Crippen LogP contribution < -0.4 is 16.0 Å². The van der Waals surface area contributed by atoms with Crippen molar-refractivity contribution < 1.29 is 9.18 Å². The number of halogens is 1. The van der Waals surface area contributed by atoms with Crippen molar-refractivity contribution in [1.29, 1.82) is 5.26 Å². The van der Waals surface area contributed by atoms with Gasteiger partial charge in [-0.1, -0.05) is 0 Å². The highest BCUT2D eigenvalue weighted by molar-refractivity contribution is 6.08. The maximum absolute atomic E-state index is 14.4. The summed E-state index contributed by atoms with van der Waals surface area (Å²) in [6.45, 7) is 5.83. The van der Waals surface area contributed by atoms with E-state index in [0.717, 1.165) is 25.1 Å². The van der Waals surface area contributed by atoms with Crippen LogP contribution >= 0.6 is 0 Å². The van der Waals surface area contributed by atoms with Crippen LogP contribution in [0.4, 0.5) is 21.5 Å². The molecule has 1 amide bonds. The maximum Gasteiger partial charge on any atom is 0.249 e. The Balaban J connectivity index is 1.59. The van der Waals surface area contributed by atoms with E-state index in [9.17, 15) is 9.18 Å². The minimum atomic E-state index is -0.940. The number of nitrogens with one attached hydrogen (secondary N) is 3. The highest BCUT2D eigenvalue weighted by atomic mass is 19.1. The van der Waals surface area contributed by atoms with E-state index in [1.165, 1.54) is 12.1 Å². The van der Waals surface area contributed by atoms with Crippen LogP contribution in [0.5, 0.6) is 0 Å². The highest BCUT2D eigenvalue weighted by Gasteiger charge is 2.49. The molecule has 7 nitrogen and oxygen atoms in total. The van der Waals surface area contributed by atoms with E-state index in [2.05, 4.69) is 25.8 Å². The number of nitrogens with zero attached hydrogens (tertiary/aromatic N) is 3. The SMILES string of the molecule is CCNc1cc(F)cc2c1NC(=O)C2(C)N1CCC[C@@H](Nc2ccc(C#N)nc2)C1. The number of fused-ring (bicyclic) bond motifs is 1. The van der Waals surface area contributed by atoms with Crippen LogP contribution in [-0.4, -0.2) is 41.5 Å². The zero-order chi connectivity index (χ0) is 21.3. The summed E-state index contributed by atoms with van der Waals surface area (Å²) in [4.78, 5) is 19.3. The van der Waals surface area contributed by atoms with Crippen LogP contribution in [0.3, 0.4) is 0 Å². The fraction of sp³-hybridized carbons (Fsp3) is 0.409. The number of aromatic nitrogens is 1. The molecule has 1 aromatic carbocycles. The Morgan fingerprint density at radius 3 is 2.97 bits per heavy atom. The minimum absolute atomic E-state index is 0.115. The molecule has 0 aliphatic carbocycles. The fourth-order valence-corrected chi connectivity index (χ4v) is 4.41. The van der Waals surface area contributed by atoms with Crippen molar-refractivity contribution in [3.05, 3.63) is 47.5 Å². The summed E-state index contributed by atoms with van der Waals surface area (Å²) in [5.41, 5.74) is 2.21. The maximum atomic E-state index is 14.4. The average molecular weight is 408 g/mol. The molecule has 0 spiro atoms. The summed E-state index contributed by atoms with van der Waals surface area (Å²) >= 11 is 0. The quantitative estimate of drug-likeness (QED) is 0.703. The van der Waals surface area contributed by atoms with Gasteiger partial charge in [0.25, 0.3) is 0 Å². The topological polar surface area (TPSA) is 93.1 Å². The minimum Gasteiger partial charge on any atom is -0.384 e. The van der Waals surface area contributed by atoms with E-state index in [4.69, 9.17) is 5.26 Å². The molecule has 3 N–H and O–H groups in total. The van der Waals surface area contributed by atoms with Crippen molar-refractivity contribution in [3.8, 4) is 6.07 Å². The van der Waals surface area contributed by atoms with Gasteiger partial charge in [-0.15, -0.1) is 0 Å². The van der Waals surface area contributed by atoms with E-state index in [0.29, 0.717) is 35.7 Å². The van der Waals surface area contributed by atoms with Crippen LogP contribution in [0.1, 0.15) is 37.9 Å². The van der Waals surface area contributed by atoms with Gasteiger partial charge in [0.15, 0.2) is 0 Å². The number of hydrogen-bond acceptors (Lipinski definition) is 6. The molecule has 1 fully saturated rings. The molecule has 30 heavy (non-hydrogen) atoms. The van der Waals surface area contributed by atoms with E-state index < -0.39 is 5.54 Å². The zero-order valence-electron chi connectivity index (χ0n) is 17.1. The van der Waals surface area contributed by atoms with Crippen molar-refractivity contribution in [3.63, 3.8) is 0 Å². The molecule has 1 aromatic heterocycles. The third-order valence-electron chi connectivity index (χ3n) is 5.98. The molecular weight excluding hydrogens is 383 g/mol. The molecule has 2 atom stereocenters. The Bertz CT molecular complexity index is 1000. The zero-order valence-corrected chi connectivity index (χ0v) is 17.1. The smallest absolute Gasteiger partial charge is 0.249 e. The third kappa shape index (κ3) is 3.46. The van der Waals surface area contributed by atoms with E-state index in [-0.39, 0.29) is 17.8 Å². The van der Waals surface area contributed by atoms with Gasteiger partial charge in [0, 0.05) is 24.7 Å². The summed E-state index contributed by atoms with van der Waals surface area (Å²) in [7, 11) is 0. The number of hydrogen-bond donors (Lipinski definition) is 3. The van der Waals surface area contributed by atoms with Crippen LogP contribution in [0.15, 0.2) is 30.5 Å². The molecule has 2 aliphatic rings. The second-order valence-corrected chi connectivity index (χ2v) is 7.91. The Morgan fingerprint density at radius 2 is 2.27 bits per heavy atom. The number of likely N-dealkylation sites (tertiary alicyclic amines) is 1. The van der Waals surface area contributed by atoms with Crippen molar-refractivity contribution >= 4 is 23.0 Å². The Hall–Kier alpha value is -3.18. The molecule has 0 bridgehead atoms. The molecule has 3 heterocycles. The molecule has 0 saturated carbocycles. The second-order valence-electron chi connectivity index (χ2n) is 7.91. The average Bonchev–Trinajstić information content (AvgIpc) is 3.01. The monoisotopic (exact) mass is 408 g/mol. The van der Waals surface area contributed by atoms with Crippen LogP contribution in [0, 0.1) is 17.1 Å². The first-order valence-electron chi connectivity index (χ1n) is 10.2. The molecule has 4 rings (SSSR count). The summed E-state index contributed by atoms with van der Waals surface area (Å²) in [6.07, 6.45) is 3.51. The number of pyridine rings is 1. The largest absolute Gasteiger partial charge is 0.384 e. The Kier molecular flexibility index (Phi) is 5.31. The number of amides is 1. The number of piperidine rings is 1. The lowest BCUT2D eigenvalue weighted by molar-refractivity contribution is -0.127. The molecular formula is C22H25FN6O. The third-order valence-corrected chi connectivity index (χ3v) is 5.98. The first kappa shape index (κ1) is 20.1. The normalized spacial score (nSPS) is 23.4. The fourth-order valence-electron chi connectivity index (χ4n) is 4.41. The van der Waals surface area contributed by atoms with Gasteiger partial charge in [-0.2, -0.15) is 5.26 Å². The second kappa shape index (κ2) is 7.92. The van der Waals surface area contributed by atoms with Crippen molar-refractivity contribution in [2.75, 3.05) is 35.6 Å². The number of carbonyl (C=O) groups excluding carboxylic acids is 1. The van der Waals surface area contributed by atoms with Crippen molar-refractivity contribution in [1.82, 2.24) is 9.88 Å². The van der Waals surface area contributed by atoms with Gasteiger partial charge in [0.05, 0.1) is 23.3 Å². The van der Waals surface area contributed by atoms with E-state index in [1.807, 2.05) is 26.0 Å². The molecule has 8 heteroatoms. The van der Waals surface area contributed by atoms with Gasteiger partial charge in [-0.3, -0.25) is 9.69 Å². The predicted octanol–water partition coefficient (Wildman–Crippen LogP) is 3.27. The number of rotatable bonds is 5. The first-order chi connectivity index (χ1) is 14.5. The van der Waals surface area contributed by atoms with Gasteiger partial charge in [0.1, 0.15) is 23.1 Å². The van der Waals surface area contributed by atoms with Gasteiger partial charge in [-0.05, 0) is 57.5 Å². The summed E-state index contributed by atoms with van der Waals surface area (Å²) < 4.78 is 14.4. The standard InChI is InChI=1S/C22H25FN6O/c1-3-25-19-10-14(23)9-18-20(19)28-21(30)22(18,2)29-8-4-5-17(13-29)27-16-7-6-15(11-24)26-12-16/h6-7,9-10,12,17,25,27H,3-5,8,13H2,1-2H3,(H,28,30)/t17-,22?/m1/s1. The number of carbonyl (C=O) groups is 1. The van der Waals surface area contributed by atoms with Crippen LogP contribution in [0.2, 0.25) is 0 Å². The first-order valence-corrected chi connectivity index (χ1v) is 10.2. The molecule has 2 aromatic rings. The van der Waals surface area contributed by atoms with Crippen LogP contribution in [-0.2, 0) is 10.3 Å². The van der Waals surface area contributed by atoms with Gasteiger partial charge in [-0.25, -0.2) is 9.37 Å². The van der Waals surface area contributed by atoms with Crippen LogP contribution in [0.25, 0.3) is 0 Å². The highest BCUT2D eigenvalue weighted by Crippen LogP contribution is 2.45. The predicted molar refractivity (Wildman–Crippen MR) is 114 cm³/mol. The van der Waals surface area contributed by atoms with E-state index in [1.54, 1.807) is 12.3 Å². The Morgan fingerprint density at radius 1 is 1.43 bits per heavy atom. The molecule has 0 radical (unpaired) electrons. The number of benzene rings is 1. The lowest BCUT2D eigenvalue weighted by Gasteiger charge is -2.42. The number of anilines is 3. The Labute approximate surface area is 175 Å². The summed E-state index contributed by atoms with van der Waals surface area (Å²) in [6, 6.07) is 8.53. The summed E-state index contributed by atoms with van der Waals surface area (Å²) in [5.74, 6) is -0.495. The summed E-state index contributed by atoms with van der Waals surface area (Å²) in [5, 5.41) is 18.5. The van der Waals surface area contributed by atoms with Gasteiger partial charge >= 0.3 is 0 Å².